The smallest absolute Gasteiger partial charge is 0.359 e. The number of carbonyl (C=O) groups is 2. The molecule has 0 bridgehead atoms. The van der Waals surface area contributed by atoms with Crippen LogP contribution in [-0.4, -0.2) is 52.1 Å². The fraction of sp³-hybridized carbons (Fsp3) is 0.588. The molecule has 0 spiro atoms. The number of hydrogen-bond acceptors (Lipinski definition) is 5. The van der Waals surface area contributed by atoms with Crippen molar-refractivity contribution in [2.24, 2.45) is 0 Å². The summed E-state index contributed by atoms with van der Waals surface area (Å²) in [5.41, 5.74) is 1.07. The first-order chi connectivity index (χ1) is 11.4. The van der Waals surface area contributed by atoms with Crippen LogP contribution in [0, 0.1) is 0 Å². The summed E-state index contributed by atoms with van der Waals surface area (Å²) in [6, 6.07) is 0. The Morgan fingerprint density at radius 1 is 0.920 bits per heavy atom. The highest BCUT2D eigenvalue weighted by Gasteiger charge is 2.38. The topological polar surface area (TPSA) is 70.4 Å². The fourth-order valence-electron chi connectivity index (χ4n) is 3.29. The summed E-state index contributed by atoms with van der Waals surface area (Å²) in [5.74, 6) is -1.14. The normalized spacial score (nSPS) is 15.0. The number of nitrogens with zero attached hydrogens (tertiary/aromatic N) is 2. The van der Waals surface area contributed by atoms with Gasteiger partial charge in [0.05, 0.1) is 42.6 Å². The van der Waals surface area contributed by atoms with E-state index in [9.17, 15) is 9.59 Å². The van der Waals surface area contributed by atoms with E-state index in [-0.39, 0.29) is 11.3 Å². The molecule has 1 aliphatic rings. The average molecular weight is 381 g/mol. The van der Waals surface area contributed by atoms with Gasteiger partial charge in [-0.2, -0.15) is 5.10 Å². The maximum absolute atomic E-state index is 12.3. The van der Waals surface area contributed by atoms with Crippen LogP contribution in [0.1, 0.15) is 26.5 Å². The Morgan fingerprint density at radius 3 is 1.88 bits per heavy atom. The summed E-state index contributed by atoms with van der Waals surface area (Å²) in [7, 11) is -0.531. The Bertz CT molecular complexity index is 752. The maximum atomic E-state index is 12.3. The second kappa shape index (κ2) is 6.56. The summed E-state index contributed by atoms with van der Waals surface area (Å²) >= 11 is 0. The van der Waals surface area contributed by atoms with E-state index in [1.54, 1.807) is 4.68 Å². The molecule has 1 aromatic rings. The number of esters is 2. The first-order valence-corrected chi connectivity index (χ1v) is 15.4. The summed E-state index contributed by atoms with van der Waals surface area (Å²) in [6.45, 7) is 14.6. The van der Waals surface area contributed by atoms with Crippen LogP contribution in [0.4, 0.5) is 0 Å². The van der Waals surface area contributed by atoms with Crippen LogP contribution in [0.3, 0.4) is 0 Å². The zero-order valence-corrected chi connectivity index (χ0v) is 18.4. The molecule has 0 aliphatic carbocycles. The highest BCUT2D eigenvalue weighted by Crippen LogP contribution is 2.35. The van der Waals surface area contributed by atoms with Gasteiger partial charge < -0.3 is 9.47 Å². The minimum atomic E-state index is -1.59. The van der Waals surface area contributed by atoms with Crippen molar-refractivity contribution in [1.29, 1.82) is 0 Å². The Hall–Kier alpha value is -1.68. The number of aromatic nitrogens is 2. The van der Waals surface area contributed by atoms with Crippen LogP contribution >= 0.6 is 0 Å². The lowest BCUT2D eigenvalue weighted by atomic mass is 10.1. The van der Waals surface area contributed by atoms with Crippen LogP contribution < -0.4 is 0 Å². The third-order valence-electron chi connectivity index (χ3n) is 4.65. The van der Waals surface area contributed by atoms with Crippen LogP contribution in [0.15, 0.2) is 10.4 Å². The molecule has 25 heavy (non-hydrogen) atoms. The predicted molar refractivity (Wildman–Crippen MR) is 102 cm³/mol. The number of ether oxygens (including phenoxy) is 2. The summed E-state index contributed by atoms with van der Waals surface area (Å²) < 4.78 is 11.5. The molecule has 0 atom stereocenters. The molecule has 0 N–H and O–H groups in total. The van der Waals surface area contributed by atoms with Gasteiger partial charge in [-0.15, -0.1) is 0 Å². The first-order valence-electron chi connectivity index (χ1n) is 8.41. The highest BCUT2D eigenvalue weighted by molar-refractivity contribution is 6.89. The molecule has 6 nitrogen and oxygen atoms in total. The molecule has 2 rings (SSSR count). The third kappa shape index (κ3) is 3.64. The monoisotopic (exact) mass is 380 g/mol. The standard InChI is InChI=1S/C17H28N2O4Si2/c1-22-16(20)14-11-9-12(24(3,4)5)13(25(6,7)8)10-19(11)18-15(14)17(21)23-2/h9-10H2,1-8H3. The van der Waals surface area contributed by atoms with E-state index >= 15 is 0 Å². The Labute approximate surface area is 151 Å². The minimum absolute atomic E-state index is 0.0519. The number of methoxy groups -OCH3 is 2. The lowest BCUT2D eigenvalue weighted by Crippen LogP contribution is -2.39. The predicted octanol–water partition coefficient (Wildman–Crippen LogP) is 3.06. The minimum Gasteiger partial charge on any atom is -0.465 e. The van der Waals surface area contributed by atoms with Gasteiger partial charge in [-0.05, 0) is 0 Å². The van der Waals surface area contributed by atoms with Gasteiger partial charge in [0.2, 0.25) is 0 Å². The van der Waals surface area contributed by atoms with Gasteiger partial charge in [-0.1, -0.05) is 49.7 Å². The molecular formula is C17H28N2O4Si2. The van der Waals surface area contributed by atoms with Gasteiger partial charge >= 0.3 is 11.9 Å². The molecule has 0 unspecified atom stereocenters. The SMILES string of the molecule is COC(=O)c1nn2c(c1C(=O)OC)CC([Si](C)(C)C)=C([Si](C)(C)C)C2. The number of hydrogen-bond donors (Lipinski definition) is 0. The summed E-state index contributed by atoms with van der Waals surface area (Å²) in [5, 5.41) is 7.37. The van der Waals surface area contributed by atoms with Gasteiger partial charge in [0.25, 0.3) is 0 Å². The van der Waals surface area contributed by atoms with Gasteiger partial charge in [-0.3, -0.25) is 4.68 Å². The van der Waals surface area contributed by atoms with Crippen molar-refractivity contribution in [3.63, 3.8) is 0 Å². The lowest BCUT2D eigenvalue weighted by Gasteiger charge is -2.35. The van der Waals surface area contributed by atoms with Crippen molar-refractivity contribution in [2.45, 2.75) is 52.2 Å². The molecule has 1 aliphatic heterocycles. The van der Waals surface area contributed by atoms with Crippen LogP contribution in [0.25, 0.3) is 0 Å². The zero-order valence-electron chi connectivity index (χ0n) is 16.4. The van der Waals surface area contributed by atoms with Crippen molar-refractivity contribution >= 4 is 28.1 Å². The van der Waals surface area contributed by atoms with Gasteiger partial charge in [0.15, 0.2) is 5.69 Å². The van der Waals surface area contributed by atoms with E-state index in [4.69, 9.17) is 9.47 Å². The molecule has 0 amide bonds. The molecule has 0 fully saturated rings. The maximum Gasteiger partial charge on any atom is 0.359 e. The molecule has 2 heterocycles. The molecule has 0 radical (unpaired) electrons. The van der Waals surface area contributed by atoms with Crippen LogP contribution in [0.2, 0.25) is 39.3 Å². The van der Waals surface area contributed by atoms with Crippen LogP contribution in [0.5, 0.6) is 0 Å². The number of fused-ring (bicyclic) bond motifs is 1. The summed E-state index contributed by atoms with van der Waals surface area (Å²) in [6.07, 6.45) is 0.657. The zero-order chi connectivity index (χ0) is 19.2. The molecular weight excluding hydrogens is 352 g/mol. The molecule has 0 aromatic carbocycles. The van der Waals surface area contributed by atoms with Crippen molar-refractivity contribution in [3.05, 3.63) is 27.3 Å². The largest absolute Gasteiger partial charge is 0.465 e. The molecule has 8 heteroatoms. The van der Waals surface area contributed by atoms with Gasteiger partial charge in [-0.25, -0.2) is 9.59 Å². The number of rotatable bonds is 4. The summed E-state index contributed by atoms with van der Waals surface area (Å²) in [4.78, 5) is 24.5. The van der Waals surface area contributed by atoms with Gasteiger partial charge in [0.1, 0.15) is 5.56 Å². The van der Waals surface area contributed by atoms with E-state index in [1.165, 1.54) is 24.6 Å². The van der Waals surface area contributed by atoms with Gasteiger partial charge in [0, 0.05) is 6.42 Å². The van der Waals surface area contributed by atoms with Crippen molar-refractivity contribution in [3.8, 4) is 0 Å². The average Bonchev–Trinajstić information content (AvgIpc) is 2.89. The number of carbonyl (C=O) groups excluding carboxylic acids is 2. The van der Waals surface area contributed by atoms with Crippen molar-refractivity contribution in [1.82, 2.24) is 9.78 Å². The second-order valence-corrected chi connectivity index (χ2v) is 18.7. The van der Waals surface area contributed by atoms with E-state index in [0.717, 1.165) is 5.69 Å². The Kier molecular flexibility index (Phi) is 5.16. The van der Waals surface area contributed by atoms with E-state index in [2.05, 4.69) is 44.4 Å². The number of allylic oxidation sites excluding steroid dienone is 2. The van der Waals surface area contributed by atoms with E-state index in [1.807, 2.05) is 0 Å². The quantitative estimate of drug-likeness (QED) is 0.593. The van der Waals surface area contributed by atoms with E-state index < -0.39 is 28.1 Å². The van der Waals surface area contributed by atoms with E-state index in [0.29, 0.717) is 13.0 Å². The fourth-order valence-corrected chi connectivity index (χ4v) is 8.84. The van der Waals surface area contributed by atoms with Crippen LogP contribution in [-0.2, 0) is 22.4 Å². The second-order valence-electron chi connectivity index (χ2n) is 8.44. The lowest BCUT2D eigenvalue weighted by molar-refractivity contribution is 0.0551. The first kappa shape index (κ1) is 19.6. The molecule has 1 aromatic heterocycles. The van der Waals surface area contributed by atoms with Crippen molar-refractivity contribution in [2.75, 3.05) is 14.2 Å². The Morgan fingerprint density at radius 2 is 1.44 bits per heavy atom. The molecule has 0 saturated carbocycles. The molecule has 0 saturated heterocycles. The highest BCUT2D eigenvalue weighted by atomic mass is 28.3. The molecule has 138 valence electrons. The Balaban J connectivity index is 2.69. The third-order valence-corrected chi connectivity index (χ3v) is 9.46. The van der Waals surface area contributed by atoms with Crippen molar-refractivity contribution < 1.29 is 19.1 Å².